The minimum absolute atomic E-state index is 0.133. The van der Waals surface area contributed by atoms with Gasteiger partial charge in [0.2, 0.25) is 0 Å². The molecule has 1 saturated carbocycles. The molecule has 5 rings (SSSR count). The van der Waals surface area contributed by atoms with Gasteiger partial charge in [0.25, 0.3) is 0 Å². The van der Waals surface area contributed by atoms with Crippen LogP contribution in [0.4, 0.5) is 5.69 Å². The van der Waals surface area contributed by atoms with E-state index in [4.69, 9.17) is 4.74 Å². The molecular formula is C26H31NO3. The number of aromatic hydroxyl groups is 1. The average Bonchev–Trinajstić information content (AvgIpc) is 2.80. The summed E-state index contributed by atoms with van der Waals surface area (Å²) in [7, 11) is 0. The zero-order chi connectivity index (χ0) is 20.6. The van der Waals surface area contributed by atoms with Crippen LogP contribution in [0, 0.1) is 5.92 Å². The maximum Gasteiger partial charge on any atom is 0.123 e. The zero-order valence-electron chi connectivity index (χ0n) is 17.6. The Morgan fingerprint density at radius 2 is 1.73 bits per heavy atom. The van der Waals surface area contributed by atoms with Gasteiger partial charge in [0.1, 0.15) is 12.0 Å². The van der Waals surface area contributed by atoms with E-state index in [1.807, 2.05) is 12.1 Å². The first-order chi connectivity index (χ1) is 14.7. The molecule has 2 aromatic carbocycles. The fourth-order valence-corrected chi connectivity index (χ4v) is 5.82. The van der Waals surface area contributed by atoms with Gasteiger partial charge in [0.15, 0.2) is 0 Å². The Morgan fingerprint density at radius 1 is 1.00 bits per heavy atom. The summed E-state index contributed by atoms with van der Waals surface area (Å²) < 4.78 is 6.57. The van der Waals surface area contributed by atoms with E-state index in [2.05, 4.69) is 35.2 Å². The molecule has 1 atom stereocenters. The van der Waals surface area contributed by atoms with Gasteiger partial charge in [-0.25, -0.2) is 0 Å². The SMILES string of the molecule is O=CC1CCN(c2ccc([C@H]3c4ccc(O)cc4COC34CCCCC4)cc2)CC1. The molecule has 0 amide bonds. The minimum atomic E-state index is -0.133. The van der Waals surface area contributed by atoms with E-state index in [1.165, 1.54) is 36.1 Å². The molecule has 1 N–H and O–H groups in total. The Bertz CT molecular complexity index is 893. The van der Waals surface area contributed by atoms with Crippen LogP contribution in [0.3, 0.4) is 0 Å². The van der Waals surface area contributed by atoms with Crippen LogP contribution in [0.1, 0.15) is 67.6 Å². The number of rotatable bonds is 3. The molecule has 1 aliphatic carbocycles. The van der Waals surface area contributed by atoms with Crippen molar-refractivity contribution in [2.45, 2.75) is 63.1 Å². The lowest BCUT2D eigenvalue weighted by Crippen LogP contribution is -2.44. The third-order valence-electron chi connectivity index (χ3n) is 7.50. The molecule has 0 aromatic heterocycles. The van der Waals surface area contributed by atoms with E-state index < -0.39 is 0 Å². The number of anilines is 1. The molecule has 1 saturated heterocycles. The van der Waals surface area contributed by atoms with Gasteiger partial charge < -0.3 is 19.5 Å². The van der Waals surface area contributed by atoms with Crippen molar-refractivity contribution >= 4 is 12.0 Å². The molecule has 0 bridgehead atoms. The highest BCUT2D eigenvalue weighted by Gasteiger charge is 2.46. The van der Waals surface area contributed by atoms with Crippen molar-refractivity contribution in [1.82, 2.24) is 0 Å². The van der Waals surface area contributed by atoms with Crippen molar-refractivity contribution in [1.29, 1.82) is 0 Å². The van der Waals surface area contributed by atoms with Crippen molar-refractivity contribution < 1.29 is 14.6 Å². The van der Waals surface area contributed by atoms with Crippen molar-refractivity contribution in [2.75, 3.05) is 18.0 Å². The van der Waals surface area contributed by atoms with Crippen molar-refractivity contribution in [2.24, 2.45) is 5.92 Å². The number of benzene rings is 2. The topological polar surface area (TPSA) is 49.8 Å². The number of phenols is 1. The lowest BCUT2D eigenvalue weighted by molar-refractivity contribution is -0.111. The standard InChI is InChI=1S/C26H31NO3/c28-17-19-10-14-27(15-11-19)22-6-4-20(5-7-22)25-24-9-8-23(29)16-21(24)18-30-26(25)12-2-1-3-13-26/h4-9,16-17,19,25,29H,1-3,10-15,18H2/t25-/m0/s1. The molecule has 2 aliphatic heterocycles. The van der Waals surface area contributed by atoms with E-state index in [1.54, 1.807) is 0 Å². The Balaban J connectivity index is 1.46. The van der Waals surface area contributed by atoms with Gasteiger partial charge in [-0.3, -0.25) is 0 Å². The highest BCUT2D eigenvalue weighted by Crippen LogP contribution is 2.51. The molecular weight excluding hydrogens is 374 g/mol. The molecule has 1 spiro atoms. The molecule has 3 aliphatic rings. The molecule has 2 aromatic rings. The summed E-state index contributed by atoms with van der Waals surface area (Å²) in [5.41, 5.74) is 4.82. The zero-order valence-corrected chi connectivity index (χ0v) is 17.6. The van der Waals surface area contributed by atoms with Crippen LogP contribution >= 0.6 is 0 Å². The van der Waals surface area contributed by atoms with Crippen LogP contribution in [0.2, 0.25) is 0 Å². The molecule has 2 fully saturated rings. The van der Waals surface area contributed by atoms with Crippen LogP contribution in [-0.4, -0.2) is 30.1 Å². The molecule has 0 unspecified atom stereocenters. The number of hydrogen-bond donors (Lipinski definition) is 1. The summed E-state index contributed by atoms with van der Waals surface area (Å²) in [4.78, 5) is 13.4. The Labute approximate surface area is 178 Å². The van der Waals surface area contributed by atoms with Gasteiger partial charge in [-0.15, -0.1) is 0 Å². The minimum Gasteiger partial charge on any atom is -0.508 e. The average molecular weight is 406 g/mol. The lowest BCUT2D eigenvalue weighted by atomic mass is 9.67. The molecule has 4 nitrogen and oxygen atoms in total. The first kappa shape index (κ1) is 19.6. The summed E-state index contributed by atoms with van der Waals surface area (Å²) in [6.45, 7) is 2.48. The lowest BCUT2D eigenvalue weighted by Gasteiger charge is -2.47. The van der Waals surface area contributed by atoms with Gasteiger partial charge in [-0.2, -0.15) is 0 Å². The normalized spacial score (nSPS) is 23.9. The number of carbonyl (C=O) groups excluding carboxylic acids is 1. The van der Waals surface area contributed by atoms with Gasteiger partial charge in [-0.1, -0.05) is 37.5 Å². The summed E-state index contributed by atoms with van der Waals surface area (Å²) in [5.74, 6) is 0.737. The van der Waals surface area contributed by atoms with Crippen LogP contribution < -0.4 is 4.90 Å². The van der Waals surface area contributed by atoms with E-state index >= 15 is 0 Å². The van der Waals surface area contributed by atoms with Gasteiger partial charge in [0.05, 0.1) is 12.2 Å². The maximum atomic E-state index is 11.0. The molecule has 2 heterocycles. The summed E-state index contributed by atoms with van der Waals surface area (Å²) in [5, 5.41) is 9.98. The monoisotopic (exact) mass is 405 g/mol. The smallest absolute Gasteiger partial charge is 0.123 e. The second-order valence-electron chi connectivity index (χ2n) is 9.28. The van der Waals surface area contributed by atoms with Crippen LogP contribution in [0.5, 0.6) is 5.75 Å². The highest BCUT2D eigenvalue weighted by atomic mass is 16.5. The second kappa shape index (κ2) is 8.07. The molecule has 30 heavy (non-hydrogen) atoms. The summed E-state index contributed by atoms with van der Waals surface area (Å²) in [6, 6.07) is 14.8. The Hall–Kier alpha value is -2.33. The Morgan fingerprint density at radius 3 is 2.43 bits per heavy atom. The second-order valence-corrected chi connectivity index (χ2v) is 9.28. The number of hydrogen-bond acceptors (Lipinski definition) is 4. The summed E-state index contributed by atoms with van der Waals surface area (Å²) >= 11 is 0. The van der Waals surface area contributed by atoms with E-state index in [-0.39, 0.29) is 17.4 Å². The number of ether oxygens (including phenoxy) is 1. The molecule has 4 heteroatoms. The van der Waals surface area contributed by atoms with E-state index in [0.717, 1.165) is 50.6 Å². The third-order valence-corrected chi connectivity index (χ3v) is 7.50. The fraction of sp³-hybridized carbons (Fsp3) is 0.500. The van der Waals surface area contributed by atoms with E-state index in [0.29, 0.717) is 12.4 Å². The number of phenolic OH excluding ortho intramolecular Hbond substituents is 1. The van der Waals surface area contributed by atoms with Gasteiger partial charge >= 0.3 is 0 Å². The third kappa shape index (κ3) is 3.51. The number of aldehydes is 1. The van der Waals surface area contributed by atoms with Crippen molar-refractivity contribution in [3.8, 4) is 5.75 Å². The van der Waals surface area contributed by atoms with E-state index in [9.17, 15) is 9.90 Å². The van der Waals surface area contributed by atoms with Crippen LogP contribution in [-0.2, 0) is 16.1 Å². The van der Waals surface area contributed by atoms with Crippen LogP contribution in [0.25, 0.3) is 0 Å². The van der Waals surface area contributed by atoms with Crippen molar-refractivity contribution in [3.05, 3.63) is 59.2 Å². The van der Waals surface area contributed by atoms with Crippen molar-refractivity contribution in [3.63, 3.8) is 0 Å². The number of piperidine rings is 1. The van der Waals surface area contributed by atoms with Gasteiger partial charge in [0, 0.05) is 30.6 Å². The number of carbonyl (C=O) groups is 1. The first-order valence-electron chi connectivity index (χ1n) is 11.4. The first-order valence-corrected chi connectivity index (χ1v) is 11.4. The van der Waals surface area contributed by atoms with Crippen LogP contribution in [0.15, 0.2) is 42.5 Å². The molecule has 0 radical (unpaired) electrons. The largest absolute Gasteiger partial charge is 0.508 e. The highest BCUT2D eigenvalue weighted by molar-refractivity contribution is 5.56. The Kier molecular flexibility index (Phi) is 5.28. The predicted octanol–water partition coefficient (Wildman–Crippen LogP) is 5.17. The quantitative estimate of drug-likeness (QED) is 0.716. The summed E-state index contributed by atoms with van der Waals surface area (Å²) in [6.07, 6.45) is 8.92. The molecule has 158 valence electrons. The van der Waals surface area contributed by atoms with Gasteiger partial charge in [-0.05, 0) is 66.6 Å². The maximum absolute atomic E-state index is 11.0. The number of nitrogens with zero attached hydrogens (tertiary/aromatic N) is 1. The predicted molar refractivity (Wildman–Crippen MR) is 118 cm³/mol. The fourth-order valence-electron chi connectivity index (χ4n) is 5.82. The number of fused-ring (bicyclic) bond motifs is 1.